The van der Waals surface area contributed by atoms with Crippen molar-refractivity contribution >= 4 is 11.6 Å². The molecular weight excluding hydrogens is 201 g/mol. The van der Waals surface area contributed by atoms with Crippen molar-refractivity contribution in [1.82, 2.24) is 0 Å². The third kappa shape index (κ3) is 1.88. The van der Waals surface area contributed by atoms with Gasteiger partial charge in [0, 0.05) is 10.6 Å². The Morgan fingerprint density at radius 3 is 2.71 bits per heavy atom. The van der Waals surface area contributed by atoms with E-state index in [1.165, 1.54) is 18.2 Å². The van der Waals surface area contributed by atoms with E-state index in [0.29, 0.717) is 17.0 Å². The fraction of sp³-hybridized carbons (Fsp3) is 0.364. The topological polar surface area (TPSA) is 23.8 Å². The first-order valence-electron chi connectivity index (χ1n) is 4.40. The van der Waals surface area contributed by atoms with Crippen molar-refractivity contribution in [3.63, 3.8) is 0 Å². The molecule has 0 radical (unpaired) electrons. The predicted octanol–water partition coefficient (Wildman–Crippen LogP) is 3.67. The van der Waals surface area contributed by atoms with Gasteiger partial charge in [0.05, 0.1) is 11.5 Å². The van der Waals surface area contributed by atoms with Gasteiger partial charge in [0.1, 0.15) is 5.82 Å². The summed E-state index contributed by atoms with van der Waals surface area (Å²) >= 11 is 5.76. The quantitative estimate of drug-likeness (QED) is 0.732. The van der Waals surface area contributed by atoms with Crippen LogP contribution in [0.5, 0.6) is 0 Å². The molecule has 0 spiro atoms. The maximum atomic E-state index is 13.4. The van der Waals surface area contributed by atoms with E-state index >= 15 is 0 Å². The van der Waals surface area contributed by atoms with Crippen LogP contribution in [0, 0.1) is 17.1 Å². The van der Waals surface area contributed by atoms with Crippen LogP contribution in [0.3, 0.4) is 0 Å². The molecule has 0 aliphatic heterocycles. The van der Waals surface area contributed by atoms with Crippen molar-refractivity contribution in [2.45, 2.75) is 25.7 Å². The van der Waals surface area contributed by atoms with Crippen LogP contribution >= 0.6 is 11.6 Å². The van der Waals surface area contributed by atoms with Crippen molar-refractivity contribution in [1.29, 1.82) is 5.26 Å². The van der Waals surface area contributed by atoms with E-state index in [9.17, 15) is 4.39 Å². The molecule has 0 aliphatic rings. The van der Waals surface area contributed by atoms with Crippen molar-refractivity contribution in [3.8, 4) is 6.07 Å². The molecule has 0 aromatic heterocycles. The molecule has 0 aliphatic carbocycles. The molecule has 0 fully saturated rings. The molecule has 74 valence electrons. The molecule has 1 aromatic carbocycles. The Kier molecular flexibility index (Phi) is 3.13. The summed E-state index contributed by atoms with van der Waals surface area (Å²) in [5, 5.41) is 9.45. The second-order valence-electron chi connectivity index (χ2n) is 3.42. The average molecular weight is 212 g/mol. The molecule has 1 rings (SSSR count). The fourth-order valence-electron chi connectivity index (χ4n) is 1.25. The summed E-state index contributed by atoms with van der Waals surface area (Å²) in [6, 6.07) is 6.41. The van der Waals surface area contributed by atoms with Crippen LogP contribution in [0.1, 0.15) is 25.8 Å². The Hall–Kier alpha value is -1.07. The smallest absolute Gasteiger partial charge is 0.128 e. The Labute approximate surface area is 88.1 Å². The summed E-state index contributed by atoms with van der Waals surface area (Å²) in [4.78, 5) is 0. The molecule has 0 saturated heterocycles. The largest absolute Gasteiger partial charge is 0.207 e. The van der Waals surface area contributed by atoms with Gasteiger partial charge in [-0.1, -0.05) is 18.5 Å². The van der Waals surface area contributed by atoms with Gasteiger partial charge in [0.25, 0.3) is 0 Å². The average Bonchev–Trinajstić information content (AvgIpc) is 2.20. The Morgan fingerprint density at radius 1 is 1.57 bits per heavy atom. The molecule has 0 bridgehead atoms. The van der Waals surface area contributed by atoms with E-state index in [2.05, 4.69) is 6.07 Å². The molecule has 0 heterocycles. The number of benzene rings is 1. The summed E-state index contributed by atoms with van der Waals surface area (Å²) in [6.07, 6.45) is 0.556. The van der Waals surface area contributed by atoms with Crippen molar-refractivity contribution in [2.75, 3.05) is 0 Å². The fourth-order valence-corrected chi connectivity index (χ4v) is 1.42. The van der Waals surface area contributed by atoms with Crippen LogP contribution in [0.4, 0.5) is 4.39 Å². The van der Waals surface area contributed by atoms with Crippen LogP contribution < -0.4 is 0 Å². The molecule has 1 atom stereocenters. The number of hydrogen-bond acceptors (Lipinski definition) is 1. The zero-order valence-corrected chi connectivity index (χ0v) is 8.90. The minimum absolute atomic E-state index is 0.370. The van der Waals surface area contributed by atoms with E-state index in [-0.39, 0.29) is 5.82 Å². The molecule has 0 amide bonds. The SMILES string of the molecule is CCC(C)(C#N)c1cc(Cl)ccc1F. The zero-order chi connectivity index (χ0) is 10.8. The third-order valence-corrected chi connectivity index (χ3v) is 2.71. The van der Waals surface area contributed by atoms with Crippen LogP contribution in [-0.4, -0.2) is 0 Å². The number of halogens is 2. The van der Waals surface area contributed by atoms with Crippen LogP contribution in [0.25, 0.3) is 0 Å². The first-order chi connectivity index (χ1) is 6.53. The Morgan fingerprint density at radius 2 is 2.21 bits per heavy atom. The molecular formula is C11H11ClFN. The van der Waals surface area contributed by atoms with Gasteiger partial charge < -0.3 is 0 Å². The monoisotopic (exact) mass is 211 g/mol. The zero-order valence-electron chi connectivity index (χ0n) is 8.14. The lowest BCUT2D eigenvalue weighted by Gasteiger charge is -2.20. The first kappa shape index (κ1) is 11.0. The minimum atomic E-state index is -0.797. The summed E-state index contributed by atoms with van der Waals surface area (Å²) in [5.74, 6) is -0.375. The van der Waals surface area contributed by atoms with Crippen LogP contribution in [-0.2, 0) is 5.41 Å². The van der Waals surface area contributed by atoms with Gasteiger partial charge in [-0.2, -0.15) is 5.26 Å². The Bertz CT molecular complexity index is 383. The highest BCUT2D eigenvalue weighted by Crippen LogP contribution is 2.30. The lowest BCUT2D eigenvalue weighted by molar-refractivity contribution is 0.525. The van der Waals surface area contributed by atoms with Gasteiger partial charge in [-0.25, -0.2) is 4.39 Å². The van der Waals surface area contributed by atoms with Gasteiger partial charge >= 0.3 is 0 Å². The molecule has 0 saturated carbocycles. The second kappa shape index (κ2) is 3.98. The predicted molar refractivity (Wildman–Crippen MR) is 54.7 cm³/mol. The van der Waals surface area contributed by atoms with E-state index in [1.807, 2.05) is 6.92 Å². The van der Waals surface area contributed by atoms with Crippen molar-refractivity contribution in [3.05, 3.63) is 34.6 Å². The number of nitrogens with zero attached hydrogens (tertiary/aromatic N) is 1. The van der Waals surface area contributed by atoms with E-state index in [1.54, 1.807) is 6.92 Å². The minimum Gasteiger partial charge on any atom is -0.207 e. The second-order valence-corrected chi connectivity index (χ2v) is 3.86. The van der Waals surface area contributed by atoms with Gasteiger partial charge in [-0.3, -0.25) is 0 Å². The molecule has 1 nitrogen and oxygen atoms in total. The molecule has 14 heavy (non-hydrogen) atoms. The Balaban J connectivity index is 3.31. The highest BCUT2D eigenvalue weighted by atomic mass is 35.5. The van der Waals surface area contributed by atoms with Crippen LogP contribution in [0.2, 0.25) is 5.02 Å². The molecule has 3 heteroatoms. The van der Waals surface area contributed by atoms with E-state index < -0.39 is 5.41 Å². The number of hydrogen-bond donors (Lipinski definition) is 0. The first-order valence-corrected chi connectivity index (χ1v) is 4.78. The van der Waals surface area contributed by atoms with E-state index in [0.717, 1.165) is 0 Å². The van der Waals surface area contributed by atoms with Gasteiger partial charge in [-0.05, 0) is 31.5 Å². The summed E-state index contributed by atoms with van der Waals surface area (Å²) in [6.45, 7) is 3.56. The van der Waals surface area contributed by atoms with Gasteiger partial charge in [0.2, 0.25) is 0 Å². The number of rotatable bonds is 2. The summed E-state index contributed by atoms with van der Waals surface area (Å²) in [7, 11) is 0. The summed E-state index contributed by atoms with van der Waals surface area (Å²) < 4.78 is 13.4. The lowest BCUT2D eigenvalue weighted by atomic mass is 9.81. The maximum absolute atomic E-state index is 13.4. The maximum Gasteiger partial charge on any atom is 0.128 e. The molecule has 1 aromatic rings. The van der Waals surface area contributed by atoms with Crippen LogP contribution in [0.15, 0.2) is 18.2 Å². The van der Waals surface area contributed by atoms with Gasteiger partial charge in [-0.15, -0.1) is 0 Å². The highest BCUT2D eigenvalue weighted by molar-refractivity contribution is 6.30. The third-order valence-electron chi connectivity index (χ3n) is 2.48. The normalized spacial score (nSPS) is 14.5. The lowest BCUT2D eigenvalue weighted by Crippen LogP contribution is -2.19. The van der Waals surface area contributed by atoms with E-state index in [4.69, 9.17) is 16.9 Å². The highest BCUT2D eigenvalue weighted by Gasteiger charge is 2.27. The summed E-state index contributed by atoms with van der Waals surface area (Å²) in [5.41, 5.74) is -0.426. The molecule has 0 N–H and O–H groups in total. The van der Waals surface area contributed by atoms with Gasteiger partial charge in [0.15, 0.2) is 0 Å². The van der Waals surface area contributed by atoms with Crippen molar-refractivity contribution in [2.24, 2.45) is 0 Å². The van der Waals surface area contributed by atoms with Crippen molar-refractivity contribution < 1.29 is 4.39 Å². The standard InChI is InChI=1S/C11H11ClFN/c1-3-11(2,7-14)9-6-8(12)4-5-10(9)13/h4-6H,3H2,1-2H3. The molecule has 1 unspecified atom stereocenters. The number of nitriles is 1.